The second kappa shape index (κ2) is 11.4. The number of aromatic nitrogens is 1. The highest BCUT2D eigenvalue weighted by Gasteiger charge is 2.57. The van der Waals surface area contributed by atoms with Gasteiger partial charge in [-0.2, -0.15) is 13.2 Å². The number of nitrogens with one attached hydrogen (secondary N) is 1. The van der Waals surface area contributed by atoms with Crippen LogP contribution in [0.4, 0.5) is 24.5 Å². The zero-order valence-corrected chi connectivity index (χ0v) is 25.7. The highest BCUT2D eigenvalue weighted by atomic mass is 35.5. The summed E-state index contributed by atoms with van der Waals surface area (Å²) < 4.78 is 41.6. The third-order valence-corrected chi connectivity index (χ3v) is 10.9. The molecule has 0 bridgehead atoms. The predicted molar refractivity (Wildman–Crippen MR) is 164 cm³/mol. The van der Waals surface area contributed by atoms with E-state index in [2.05, 4.69) is 5.32 Å². The lowest BCUT2D eigenvalue weighted by molar-refractivity contribution is -0.137. The Morgan fingerprint density at radius 2 is 1.66 bits per heavy atom. The van der Waals surface area contributed by atoms with Crippen LogP contribution in [0, 0.1) is 12.8 Å². The molecule has 226 valence electrons. The number of nitrogens with zero attached hydrogens (tertiary/aromatic N) is 2. The number of carbonyl (C=O) groups excluding carboxylic acids is 3. The fourth-order valence-electron chi connectivity index (χ4n) is 5.47. The number of benzene rings is 3. The molecule has 0 spiro atoms. The summed E-state index contributed by atoms with van der Waals surface area (Å²) in [5.41, 5.74) is 0.265. The van der Waals surface area contributed by atoms with Crippen molar-refractivity contribution in [2.45, 2.75) is 35.8 Å². The van der Waals surface area contributed by atoms with Gasteiger partial charge in [-0.1, -0.05) is 88.3 Å². The quantitative estimate of drug-likeness (QED) is 0.230. The summed E-state index contributed by atoms with van der Waals surface area (Å²) in [5, 5.41) is 1.89. The van der Waals surface area contributed by atoms with E-state index in [1.807, 2.05) is 6.92 Å². The molecular weight excluding hydrogens is 658 g/mol. The Balaban J connectivity index is 1.42. The third-order valence-electron chi connectivity index (χ3n) is 7.47. The summed E-state index contributed by atoms with van der Waals surface area (Å²) in [7, 11) is 0. The lowest BCUT2D eigenvalue weighted by Gasteiger charge is -2.31. The molecule has 3 aromatic carbocycles. The Hall–Kier alpha value is -3.58. The molecule has 3 atom stereocenters. The lowest BCUT2D eigenvalue weighted by atomic mass is 9.83. The summed E-state index contributed by atoms with van der Waals surface area (Å²) in [6.07, 6.45) is -4.71. The molecule has 6 rings (SSSR count). The summed E-state index contributed by atoms with van der Waals surface area (Å²) in [6, 6.07) is 16.3. The van der Waals surface area contributed by atoms with E-state index in [1.54, 1.807) is 42.5 Å². The highest BCUT2D eigenvalue weighted by Crippen LogP contribution is 2.55. The minimum absolute atomic E-state index is 0.152. The van der Waals surface area contributed by atoms with Crippen molar-refractivity contribution in [3.8, 4) is 0 Å². The number of halogens is 5. The maximum Gasteiger partial charge on any atom is 0.418 e. The third kappa shape index (κ3) is 5.23. The number of thioether (sulfide) groups is 1. The molecule has 0 aliphatic carbocycles. The average molecular weight is 679 g/mol. The van der Waals surface area contributed by atoms with Gasteiger partial charge >= 0.3 is 11.0 Å². The number of aryl methyl sites for hydroxylation is 1. The Morgan fingerprint density at radius 3 is 2.36 bits per heavy atom. The maximum atomic E-state index is 14.0. The molecule has 0 radical (unpaired) electrons. The summed E-state index contributed by atoms with van der Waals surface area (Å²) >= 11 is 14.7. The summed E-state index contributed by atoms with van der Waals surface area (Å²) in [6.45, 7) is 1.25. The van der Waals surface area contributed by atoms with Crippen LogP contribution in [0.5, 0.6) is 0 Å². The van der Waals surface area contributed by atoms with Crippen molar-refractivity contribution < 1.29 is 27.6 Å². The lowest BCUT2D eigenvalue weighted by Crippen LogP contribution is -2.33. The molecule has 3 amide bonds. The van der Waals surface area contributed by atoms with Crippen LogP contribution in [0.3, 0.4) is 0 Å². The minimum atomic E-state index is -4.71. The minimum Gasteiger partial charge on any atom is -0.324 e. The molecule has 44 heavy (non-hydrogen) atoms. The monoisotopic (exact) mass is 677 g/mol. The van der Waals surface area contributed by atoms with Crippen molar-refractivity contribution in [2.75, 3.05) is 10.2 Å². The van der Waals surface area contributed by atoms with E-state index >= 15 is 0 Å². The zero-order chi connectivity index (χ0) is 31.5. The molecule has 3 unspecified atom stereocenters. The predicted octanol–water partition coefficient (Wildman–Crippen LogP) is 6.98. The fourth-order valence-corrected chi connectivity index (χ4v) is 8.66. The van der Waals surface area contributed by atoms with Gasteiger partial charge in [-0.3, -0.25) is 23.7 Å². The van der Waals surface area contributed by atoms with Crippen LogP contribution in [0.1, 0.15) is 27.5 Å². The Bertz CT molecular complexity index is 1890. The van der Waals surface area contributed by atoms with Crippen molar-refractivity contribution in [3.63, 3.8) is 0 Å². The molecule has 3 heterocycles. The van der Waals surface area contributed by atoms with E-state index in [9.17, 15) is 32.3 Å². The van der Waals surface area contributed by atoms with Crippen LogP contribution in [-0.2, 0) is 27.1 Å². The van der Waals surface area contributed by atoms with Gasteiger partial charge in [0, 0.05) is 10.8 Å². The van der Waals surface area contributed by atoms with Crippen LogP contribution in [0.25, 0.3) is 0 Å². The van der Waals surface area contributed by atoms with E-state index in [1.165, 1.54) is 12.1 Å². The highest BCUT2D eigenvalue weighted by molar-refractivity contribution is 8.00. The molecule has 1 saturated heterocycles. The van der Waals surface area contributed by atoms with Crippen LogP contribution >= 0.6 is 46.3 Å². The number of carbonyl (C=O) groups is 3. The second-order valence-electron chi connectivity index (χ2n) is 10.2. The van der Waals surface area contributed by atoms with Gasteiger partial charge in [0.2, 0.25) is 17.7 Å². The van der Waals surface area contributed by atoms with Crippen molar-refractivity contribution in [1.82, 2.24) is 4.57 Å². The maximum absolute atomic E-state index is 14.0. The van der Waals surface area contributed by atoms with Gasteiger partial charge in [0.25, 0.3) is 0 Å². The zero-order valence-electron chi connectivity index (χ0n) is 22.5. The van der Waals surface area contributed by atoms with E-state index < -0.39 is 63.7 Å². The molecule has 1 fully saturated rings. The van der Waals surface area contributed by atoms with Crippen molar-refractivity contribution in [2.24, 2.45) is 5.92 Å². The van der Waals surface area contributed by atoms with Gasteiger partial charge in [-0.25, -0.2) is 4.90 Å². The van der Waals surface area contributed by atoms with Gasteiger partial charge < -0.3 is 5.32 Å². The van der Waals surface area contributed by atoms with Gasteiger partial charge in [-0.15, -0.1) is 0 Å². The number of thiazole rings is 1. The molecule has 1 aromatic heterocycles. The van der Waals surface area contributed by atoms with Crippen LogP contribution in [0.15, 0.2) is 76.6 Å². The van der Waals surface area contributed by atoms with Gasteiger partial charge in [0.1, 0.15) is 11.8 Å². The molecule has 2 aliphatic rings. The number of hydrogen-bond donors (Lipinski definition) is 1. The number of para-hydroxylation sites is 1. The first-order valence-corrected chi connectivity index (χ1v) is 15.6. The van der Waals surface area contributed by atoms with E-state index in [-0.39, 0.29) is 15.1 Å². The number of hydrogen-bond acceptors (Lipinski definition) is 6. The Morgan fingerprint density at radius 1 is 0.955 bits per heavy atom. The van der Waals surface area contributed by atoms with Crippen molar-refractivity contribution in [1.29, 1.82) is 0 Å². The van der Waals surface area contributed by atoms with Crippen LogP contribution < -0.4 is 15.1 Å². The number of fused-ring (bicyclic) bond motifs is 2. The largest absolute Gasteiger partial charge is 0.418 e. The number of rotatable bonds is 5. The van der Waals surface area contributed by atoms with Crippen molar-refractivity contribution in [3.05, 3.63) is 108 Å². The molecule has 0 saturated carbocycles. The smallest absolute Gasteiger partial charge is 0.324 e. The second-order valence-corrected chi connectivity index (χ2v) is 13.2. The first-order valence-electron chi connectivity index (χ1n) is 13.1. The number of alkyl halides is 3. The van der Waals surface area contributed by atoms with E-state index in [0.29, 0.717) is 16.1 Å². The molecule has 14 heteroatoms. The molecule has 4 aromatic rings. The number of anilines is 2. The van der Waals surface area contributed by atoms with Gasteiger partial charge in [-0.05, 0) is 42.8 Å². The average Bonchev–Trinajstić information content (AvgIpc) is 3.41. The Kier molecular flexibility index (Phi) is 7.89. The summed E-state index contributed by atoms with van der Waals surface area (Å²) in [4.78, 5) is 55.1. The van der Waals surface area contributed by atoms with Gasteiger partial charge in [0.05, 0.1) is 37.9 Å². The first kappa shape index (κ1) is 30.4. The molecule has 7 nitrogen and oxygen atoms in total. The van der Waals surface area contributed by atoms with Crippen LogP contribution in [-0.4, -0.2) is 27.5 Å². The SMILES string of the molecule is Cc1ccc(N2C(=O)C3Sc4c(sc(=O)n4CC(=O)Nc4ccccc4C(F)(F)F)C(c4cccc(Cl)c4Cl)C3C2=O)cc1. The number of imide groups is 1. The summed E-state index contributed by atoms with van der Waals surface area (Å²) in [5.74, 6) is -3.66. The van der Waals surface area contributed by atoms with Gasteiger partial charge in [0.15, 0.2) is 0 Å². The van der Waals surface area contributed by atoms with Crippen LogP contribution in [0.2, 0.25) is 10.0 Å². The number of amides is 3. The van der Waals surface area contributed by atoms with E-state index in [4.69, 9.17) is 23.2 Å². The first-order chi connectivity index (χ1) is 20.9. The van der Waals surface area contributed by atoms with Crippen molar-refractivity contribution >= 4 is 75.4 Å². The fraction of sp³-hybridized carbons (Fsp3) is 0.200. The molecule has 2 aliphatic heterocycles. The van der Waals surface area contributed by atoms with E-state index in [0.717, 1.165) is 50.3 Å². The standard InChI is InChI=1S/C30H20Cl2F3N3O4S2/c1-14-9-11-15(12-10-14)38-26(40)22-21(16-5-4-7-18(31)23(16)32)25-28(43-24(22)27(38)41)37(29(42)44-25)13-20(39)36-19-8-3-2-6-17(19)30(33,34)35/h2-12,21-22,24H,13H2,1H3,(H,36,39). The normalized spacial score (nSPS) is 19.6. The molecular formula is C30H20Cl2F3N3O4S2. The topological polar surface area (TPSA) is 88.5 Å². The Labute approximate surface area is 266 Å². The molecule has 1 N–H and O–H groups in total.